The summed E-state index contributed by atoms with van der Waals surface area (Å²) in [7, 11) is 0. The minimum absolute atomic E-state index is 0.252. The molecule has 0 saturated carbocycles. The van der Waals surface area contributed by atoms with E-state index in [1.807, 2.05) is 44.2 Å². The van der Waals surface area contributed by atoms with Gasteiger partial charge in [-0.15, -0.1) is 0 Å². The number of rotatable bonds is 4. The smallest absolute Gasteiger partial charge is 0.258 e. The van der Waals surface area contributed by atoms with Crippen molar-refractivity contribution in [1.82, 2.24) is 9.97 Å². The van der Waals surface area contributed by atoms with Crippen LogP contribution < -0.4 is 10.6 Å². The molecule has 1 aromatic heterocycles. The molecule has 0 aliphatic heterocycles. The van der Waals surface area contributed by atoms with Crippen LogP contribution in [0, 0.1) is 13.8 Å². The summed E-state index contributed by atoms with van der Waals surface area (Å²) in [5.74, 6) is 0.141. The van der Waals surface area contributed by atoms with Gasteiger partial charge >= 0.3 is 0 Å². The van der Waals surface area contributed by atoms with Gasteiger partial charge in [-0.25, -0.2) is 9.97 Å². The van der Waals surface area contributed by atoms with Crippen LogP contribution in [0.5, 0.6) is 0 Å². The largest absolute Gasteiger partial charge is 0.324 e. The standard InChI is InChI=1S/C19H17ClN4O/c1-12-6-7-17(8-13(12)2)23-18(25)14-10-21-19(22-11-14)24-16-5-3-4-15(20)9-16/h3-11H,1-2H3,(H,23,25)(H,21,22,24). The van der Waals surface area contributed by atoms with E-state index in [4.69, 9.17) is 11.6 Å². The minimum atomic E-state index is -0.252. The van der Waals surface area contributed by atoms with E-state index in [9.17, 15) is 4.79 Å². The molecule has 0 aliphatic carbocycles. The van der Waals surface area contributed by atoms with Crippen molar-refractivity contribution >= 4 is 34.8 Å². The molecule has 5 nitrogen and oxygen atoms in total. The number of halogens is 1. The van der Waals surface area contributed by atoms with Crippen LogP contribution in [-0.4, -0.2) is 15.9 Å². The van der Waals surface area contributed by atoms with Crippen LogP contribution >= 0.6 is 11.6 Å². The van der Waals surface area contributed by atoms with Crippen LogP contribution in [0.1, 0.15) is 21.5 Å². The molecule has 0 aliphatic rings. The summed E-state index contributed by atoms with van der Waals surface area (Å²) in [6.07, 6.45) is 2.96. The molecule has 0 radical (unpaired) electrons. The molecular weight excluding hydrogens is 336 g/mol. The van der Waals surface area contributed by atoms with Crippen LogP contribution in [0.4, 0.5) is 17.3 Å². The highest BCUT2D eigenvalue weighted by Crippen LogP contribution is 2.18. The first-order chi connectivity index (χ1) is 12.0. The van der Waals surface area contributed by atoms with Crippen molar-refractivity contribution in [1.29, 1.82) is 0 Å². The van der Waals surface area contributed by atoms with E-state index in [0.29, 0.717) is 16.5 Å². The summed E-state index contributed by atoms with van der Waals surface area (Å²) in [6.45, 7) is 4.03. The second kappa shape index (κ2) is 7.32. The van der Waals surface area contributed by atoms with E-state index in [2.05, 4.69) is 20.6 Å². The third-order valence-electron chi connectivity index (χ3n) is 3.76. The Morgan fingerprint density at radius 3 is 2.40 bits per heavy atom. The Balaban J connectivity index is 1.68. The molecule has 3 aromatic rings. The van der Waals surface area contributed by atoms with E-state index in [-0.39, 0.29) is 5.91 Å². The fraction of sp³-hybridized carbons (Fsp3) is 0.105. The van der Waals surface area contributed by atoms with Gasteiger partial charge in [0.05, 0.1) is 5.56 Å². The second-order valence-corrected chi connectivity index (χ2v) is 6.12. The van der Waals surface area contributed by atoms with E-state index in [1.165, 1.54) is 18.0 Å². The van der Waals surface area contributed by atoms with Crippen LogP contribution in [0.2, 0.25) is 5.02 Å². The van der Waals surface area contributed by atoms with Crippen molar-refractivity contribution in [3.63, 3.8) is 0 Å². The molecule has 2 N–H and O–H groups in total. The second-order valence-electron chi connectivity index (χ2n) is 5.68. The summed E-state index contributed by atoms with van der Waals surface area (Å²) in [6, 6.07) is 13.0. The van der Waals surface area contributed by atoms with Gasteiger partial charge in [0.2, 0.25) is 5.95 Å². The third-order valence-corrected chi connectivity index (χ3v) is 3.99. The lowest BCUT2D eigenvalue weighted by Gasteiger charge is -2.08. The van der Waals surface area contributed by atoms with Crippen LogP contribution in [-0.2, 0) is 0 Å². The number of carbonyl (C=O) groups is 1. The topological polar surface area (TPSA) is 66.9 Å². The van der Waals surface area contributed by atoms with Gasteiger partial charge in [-0.05, 0) is 55.3 Å². The highest BCUT2D eigenvalue weighted by molar-refractivity contribution is 6.30. The lowest BCUT2D eigenvalue weighted by molar-refractivity contribution is 0.102. The predicted molar refractivity (Wildman–Crippen MR) is 101 cm³/mol. The number of nitrogens with one attached hydrogen (secondary N) is 2. The number of carbonyl (C=O) groups excluding carboxylic acids is 1. The lowest BCUT2D eigenvalue weighted by Crippen LogP contribution is -2.13. The van der Waals surface area contributed by atoms with Crippen molar-refractivity contribution in [2.45, 2.75) is 13.8 Å². The maximum Gasteiger partial charge on any atom is 0.258 e. The Kier molecular flexibility index (Phi) is 4.95. The zero-order valence-corrected chi connectivity index (χ0v) is 14.6. The summed E-state index contributed by atoms with van der Waals surface area (Å²) in [4.78, 5) is 20.6. The first-order valence-electron chi connectivity index (χ1n) is 7.74. The van der Waals surface area contributed by atoms with Gasteiger partial charge in [-0.1, -0.05) is 23.7 Å². The summed E-state index contributed by atoms with van der Waals surface area (Å²) < 4.78 is 0. The number of anilines is 3. The van der Waals surface area contributed by atoms with Gasteiger partial charge < -0.3 is 10.6 Å². The van der Waals surface area contributed by atoms with Crippen molar-refractivity contribution < 1.29 is 4.79 Å². The van der Waals surface area contributed by atoms with Crippen molar-refractivity contribution in [3.8, 4) is 0 Å². The Hall–Kier alpha value is -2.92. The third kappa shape index (κ3) is 4.33. The normalized spacial score (nSPS) is 10.4. The Morgan fingerprint density at radius 2 is 1.72 bits per heavy atom. The van der Waals surface area contributed by atoms with Gasteiger partial charge in [0.15, 0.2) is 0 Å². The van der Waals surface area contributed by atoms with Gasteiger partial charge in [-0.2, -0.15) is 0 Å². The van der Waals surface area contributed by atoms with Crippen LogP contribution in [0.15, 0.2) is 54.9 Å². The average Bonchev–Trinajstić information content (AvgIpc) is 2.59. The molecule has 25 heavy (non-hydrogen) atoms. The zero-order valence-electron chi connectivity index (χ0n) is 13.9. The van der Waals surface area contributed by atoms with Crippen LogP contribution in [0.3, 0.4) is 0 Å². The number of amides is 1. The van der Waals surface area contributed by atoms with Gasteiger partial charge in [0.25, 0.3) is 5.91 Å². The molecule has 2 aromatic carbocycles. The van der Waals surface area contributed by atoms with Gasteiger partial charge in [0.1, 0.15) is 0 Å². The molecule has 6 heteroatoms. The average molecular weight is 353 g/mol. The number of hydrogen-bond donors (Lipinski definition) is 2. The quantitative estimate of drug-likeness (QED) is 0.711. The molecule has 0 unspecified atom stereocenters. The molecule has 126 valence electrons. The lowest BCUT2D eigenvalue weighted by atomic mass is 10.1. The Morgan fingerprint density at radius 1 is 0.960 bits per heavy atom. The Labute approximate surface area is 151 Å². The predicted octanol–water partition coefficient (Wildman–Crippen LogP) is 4.74. The van der Waals surface area contributed by atoms with Crippen LogP contribution in [0.25, 0.3) is 0 Å². The molecular formula is C19H17ClN4O. The SMILES string of the molecule is Cc1ccc(NC(=O)c2cnc(Nc3cccc(Cl)c3)nc2)cc1C. The highest BCUT2D eigenvalue weighted by atomic mass is 35.5. The summed E-state index contributed by atoms with van der Waals surface area (Å²) >= 11 is 5.94. The number of hydrogen-bond acceptors (Lipinski definition) is 4. The van der Waals surface area contributed by atoms with Gasteiger partial charge in [0, 0.05) is 28.8 Å². The fourth-order valence-electron chi connectivity index (χ4n) is 2.23. The maximum atomic E-state index is 12.3. The fourth-order valence-corrected chi connectivity index (χ4v) is 2.42. The molecule has 3 rings (SSSR count). The Bertz CT molecular complexity index is 910. The van der Waals surface area contributed by atoms with Crippen molar-refractivity contribution in [2.24, 2.45) is 0 Å². The van der Waals surface area contributed by atoms with E-state index in [1.54, 1.807) is 12.1 Å². The summed E-state index contributed by atoms with van der Waals surface area (Å²) in [5, 5.41) is 6.50. The molecule has 0 saturated heterocycles. The zero-order chi connectivity index (χ0) is 17.8. The monoisotopic (exact) mass is 352 g/mol. The first-order valence-corrected chi connectivity index (χ1v) is 8.12. The molecule has 1 heterocycles. The van der Waals surface area contributed by atoms with E-state index < -0.39 is 0 Å². The number of nitrogens with zero attached hydrogens (tertiary/aromatic N) is 2. The van der Waals surface area contributed by atoms with E-state index >= 15 is 0 Å². The van der Waals surface area contributed by atoms with Crippen molar-refractivity contribution in [2.75, 3.05) is 10.6 Å². The minimum Gasteiger partial charge on any atom is -0.324 e. The molecule has 0 fully saturated rings. The molecule has 0 spiro atoms. The summed E-state index contributed by atoms with van der Waals surface area (Å²) in [5.41, 5.74) is 4.21. The maximum absolute atomic E-state index is 12.3. The highest BCUT2D eigenvalue weighted by Gasteiger charge is 2.08. The van der Waals surface area contributed by atoms with E-state index in [0.717, 1.165) is 16.9 Å². The number of benzene rings is 2. The van der Waals surface area contributed by atoms with Gasteiger partial charge in [-0.3, -0.25) is 4.79 Å². The van der Waals surface area contributed by atoms with Crippen molar-refractivity contribution in [3.05, 3.63) is 76.6 Å². The molecule has 0 bridgehead atoms. The molecule has 0 atom stereocenters. The number of aromatic nitrogens is 2. The number of aryl methyl sites for hydroxylation is 2. The molecule has 1 amide bonds. The first kappa shape index (κ1) is 16.9.